The Balaban J connectivity index is 1.61. The van der Waals surface area contributed by atoms with Crippen LogP contribution in [0.1, 0.15) is 29.7 Å². The van der Waals surface area contributed by atoms with Crippen LogP contribution < -0.4 is 11.1 Å². The number of halogens is 1. The highest BCUT2D eigenvalue weighted by Crippen LogP contribution is 2.31. The van der Waals surface area contributed by atoms with E-state index in [2.05, 4.69) is 10.3 Å². The number of aliphatic imine (C=N–C) groups is 1. The molecule has 0 unspecified atom stereocenters. The van der Waals surface area contributed by atoms with Gasteiger partial charge in [-0.2, -0.15) is 0 Å². The van der Waals surface area contributed by atoms with Crippen LogP contribution in [0.2, 0.25) is 0 Å². The molecular weight excluding hydrogens is 305 g/mol. The molecule has 5 heteroatoms. The Bertz CT molecular complexity index is 760. The SMILES string of the molecule is CC(=NCCc1ccccc1F)Nc1ccc2c(c1)[C@@H](N)[C@H](O)C2. The van der Waals surface area contributed by atoms with Gasteiger partial charge in [-0.05, 0) is 48.2 Å². The van der Waals surface area contributed by atoms with Gasteiger partial charge in [0.2, 0.25) is 0 Å². The predicted octanol–water partition coefficient (Wildman–Crippen LogP) is 2.82. The van der Waals surface area contributed by atoms with E-state index in [4.69, 9.17) is 5.73 Å². The van der Waals surface area contributed by atoms with E-state index >= 15 is 0 Å². The van der Waals surface area contributed by atoms with E-state index < -0.39 is 6.10 Å². The van der Waals surface area contributed by atoms with Crippen molar-refractivity contribution in [3.05, 3.63) is 65.0 Å². The number of benzene rings is 2. The molecule has 0 radical (unpaired) electrons. The maximum Gasteiger partial charge on any atom is 0.126 e. The quantitative estimate of drug-likeness (QED) is 0.597. The second-order valence-electron chi connectivity index (χ2n) is 6.14. The molecule has 0 heterocycles. The number of fused-ring (bicyclic) bond motifs is 1. The van der Waals surface area contributed by atoms with E-state index in [1.807, 2.05) is 31.2 Å². The third-order valence-electron chi connectivity index (χ3n) is 4.36. The van der Waals surface area contributed by atoms with E-state index in [9.17, 15) is 9.50 Å². The average molecular weight is 327 g/mol. The number of nitrogens with two attached hydrogens (primary N) is 1. The number of nitrogens with one attached hydrogen (secondary N) is 1. The van der Waals surface area contributed by atoms with Gasteiger partial charge in [0, 0.05) is 18.7 Å². The summed E-state index contributed by atoms with van der Waals surface area (Å²) in [5, 5.41) is 13.1. The van der Waals surface area contributed by atoms with Crippen LogP contribution in [0.4, 0.5) is 10.1 Å². The zero-order valence-electron chi connectivity index (χ0n) is 13.7. The second kappa shape index (κ2) is 7.11. The molecule has 0 saturated carbocycles. The zero-order chi connectivity index (χ0) is 17.1. The maximum atomic E-state index is 13.6. The van der Waals surface area contributed by atoms with Crippen LogP contribution in [-0.2, 0) is 12.8 Å². The van der Waals surface area contributed by atoms with Crippen molar-refractivity contribution in [1.82, 2.24) is 0 Å². The Morgan fingerprint density at radius 2 is 2.12 bits per heavy atom. The lowest BCUT2D eigenvalue weighted by Crippen LogP contribution is -2.21. The molecule has 126 valence electrons. The van der Waals surface area contributed by atoms with Crippen molar-refractivity contribution in [2.75, 3.05) is 11.9 Å². The molecule has 2 aromatic rings. The van der Waals surface area contributed by atoms with Crippen LogP contribution >= 0.6 is 0 Å². The molecule has 0 amide bonds. The van der Waals surface area contributed by atoms with Gasteiger partial charge >= 0.3 is 0 Å². The van der Waals surface area contributed by atoms with Crippen LogP contribution in [0.15, 0.2) is 47.5 Å². The molecule has 1 aliphatic rings. The Morgan fingerprint density at radius 1 is 1.33 bits per heavy atom. The molecule has 0 bridgehead atoms. The molecule has 0 saturated heterocycles. The Hall–Kier alpha value is -2.24. The number of aliphatic hydroxyl groups excluding tert-OH is 1. The molecule has 24 heavy (non-hydrogen) atoms. The number of hydrogen-bond donors (Lipinski definition) is 3. The number of anilines is 1. The van der Waals surface area contributed by atoms with E-state index in [1.54, 1.807) is 12.1 Å². The van der Waals surface area contributed by atoms with Crippen molar-refractivity contribution in [1.29, 1.82) is 0 Å². The lowest BCUT2D eigenvalue weighted by Gasteiger charge is -2.11. The molecule has 4 N–H and O–H groups in total. The van der Waals surface area contributed by atoms with Crippen LogP contribution in [-0.4, -0.2) is 23.6 Å². The minimum absolute atomic E-state index is 0.190. The summed E-state index contributed by atoms with van der Waals surface area (Å²) in [5.74, 6) is 0.572. The van der Waals surface area contributed by atoms with Gasteiger partial charge in [-0.15, -0.1) is 0 Å². The molecule has 2 atom stereocenters. The Morgan fingerprint density at radius 3 is 2.92 bits per heavy atom. The van der Waals surface area contributed by atoms with Crippen molar-refractivity contribution < 1.29 is 9.50 Å². The second-order valence-corrected chi connectivity index (χ2v) is 6.14. The van der Waals surface area contributed by atoms with Crippen molar-refractivity contribution >= 4 is 11.5 Å². The third kappa shape index (κ3) is 3.63. The largest absolute Gasteiger partial charge is 0.391 e. The predicted molar refractivity (Wildman–Crippen MR) is 94.8 cm³/mol. The van der Waals surface area contributed by atoms with Gasteiger partial charge in [-0.1, -0.05) is 24.3 Å². The molecular formula is C19H22FN3O. The summed E-state index contributed by atoms with van der Waals surface area (Å²) in [4.78, 5) is 4.44. The number of rotatable bonds is 4. The standard InChI is InChI=1S/C19H22FN3O/c1-12(22-9-8-13-4-2-3-5-17(13)20)23-15-7-6-14-10-18(24)19(21)16(14)11-15/h2-7,11,18-19,24H,8-10,21H2,1H3,(H,22,23)/t18-,19-/m1/s1. The summed E-state index contributed by atoms with van der Waals surface area (Å²) in [6.07, 6.45) is 0.658. The van der Waals surface area contributed by atoms with E-state index in [-0.39, 0.29) is 11.9 Å². The van der Waals surface area contributed by atoms with Crippen LogP contribution in [0, 0.1) is 5.82 Å². The van der Waals surface area contributed by atoms with Crippen LogP contribution in [0.25, 0.3) is 0 Å². The number of hydrogen-bond acceptors (Lipinski definition) is 3. The van der Waals surface area contributed by atoms with Gasteiger partial charge in [0.15, 0.2) is 0 Å². The first-order chi connectivity index (χ1) is 11.5. The Labute approximate surface area is 141 Å². The normalized spacial score (nSPS) is 20.1. The van der Waals surface area contributed by atoms with Crippen LogP contribution in [0.3, 0.4) is 0 Å². The van der Waals surface area contributed by atoms with Gasteiger partial charge in [0.1, 0.15) is 5.82 Å². The summed E-state index contributed by atoms with van der Waals surface area (Å²) in [7, 11) is 0. The fourth-order valence-corrected chi connectivity index (χ4v) is 3.02. The molecule has 3 rings (SSSR count). The molecule has 2 aromatic carbocycles. The molecule has 0 aliphatic heterocycles. The maximum absolute atomic E-state index is 13.6. The molecule has 1 aliphatic carbocycles. The van der Waals surface area contributed by atoms with Gasteiger partial charge in [0.05, 0.1) is 18.0 Å². The van der Waals surface area contributed by atoms with Crippen molar-refractivity contribution in [3.63, 3.8) is 0 Å². The average Bonchev–Trinajstić information content (AvgIpc) is 2.84. The van der Waals surface area contributed by atoms with E-state index in [0.29, 0.717) is 24.9 Å². The summed E-state index contributed by atoms with van der Waals surface area (Å²) < 4.78 is 13.6. The molecule has 0 aromatic heterocycles. The minimum Gasteiger partial charge on any atom is -0.391 e. The highest BCUT2D eigenvalue weighted by molar-refractivity contribution is 5.93. The summed E-state index contributed by atoms with van der Waals surface area (Å²) >= 11 is 0. The lowest BCUT2D eigenvalue weighted by molar-refractivity contribution is 0.158. The van der Waals surface area contributed by atoms with Crippen molar-refractivity contribution in [2.24, 2.45) is 10.7 Å². The highest BCUT2D eigenvalue weighted by atomic mass is 19.1. The van der Waals surface area contributed by atoms with Crippen molar-refractivity contribution in [3.8, 4) is 0 Å². The van der Waals surface area contributed by atoms with Gasteiger partial charge in [0.25, 0.3) is 0 Å². The molecule has 4 nitrogen and oxygen atoms in total. The van der Waals surface area contributed by atoms with Gasteiger partial charge < -0.3 is 16.2 Å². The number of nitrogens with zero attached hydrogens (tertiary/aromatic N) is 1. The van der Waals surface area contributed by atoms with Crippen molar-refractivity contribution in [2.45, 2.75) is 31.9 Å². The first-order valence-electron chi connectivity index (χ1n) is 8.12. The lowest BCUT2D eigenvalue weighted by atomic mass is 10.1. The monoisotopic (exact) mass is 327 g/mol. The summed E-state index contributed by atoms with van der Waals surface area (Å²) in [5.41, 5.74) is 9.64. The van der Waals surface area contributed by atoms with E-state index in [1.165, 1.54) is 6.07 Å². The van der Waals surface area contributed by atoms with Crippen LogP contribution in [0.5, 0.6) is 0 Å². The molecule has 0 spiro atoms. The molecule has 0 fully saturated rings. The fourth-order valence-electron chi connectivity index (χ4n) is 3.02. The number of amidine groups is 1. The topological polar surface area (TPSA) is 70.6 Å². The minimum atomic E-state index is -0.509. The van der Waals surface area contributed by atoms with Gasteiger partial charge in [-0.3, -0.25) is 4.99 Å². The fraction of sp³-hybridized carbons (Fsp3) is 0.316. The zero-order valence-corrected chi connectivity index (χ0v) is 13.7. The number of aliphatic hydroxyl groups is 1. The summed E-state index contributed by atoms with van der Waals surface area (Å²) in [6.45, 7) is 2.40. The Kier molecular flexibility index (Phi) is 4.92. The smallest absolute Gasteiger partial charge is 0.126 e. The summed E-state index contributed by atoms with van der Waals surface area (Å²) in [6, 6.07) is 12.3. The highest BCUT2D eigenvalue weighted by Gasteiger charge is 2.27. The first-order valence-corrected chi connectivity index (χ1v) is 8.12. The van der Waals surface area contributed by atoms with E-state index in [0.717, 1.165) is 22.6 Å². The first kappa shape index (κ1) is 16.6. The van der Waals surface area contributed by atoms with Gasteiger partial charge in [-0.25, -0.2) is 4.39 Å². The third-order valence-corrected chi connectivity index (χ3v) is 4.36.